The zero-order valence-corrected chi connectivity index (χ0v) is 15.6. The minimum Gasteiger partial charge on any atom is -0.378 e. The van der Waals surface area contributed by atoms with Crippen LogP contribution < -0.4 is 4.90 Å². The number of ether oxygens (including phenoxy) is 1. The average molecular weight is 382 g/mol. The molecule has 2 aliphatic rings. The van der Waals surface area contributed by atoms with Gasteiger partial charge in [0.25, 0.3) is 5.89 Å². The summed E-state index contributed by atoms with van der Waals surface area (Å²) in [6, 6.07) is 0. The molecule has 2 saturated heterocycles. The number of thioether (sulfide) groups is 1. The van der Waals surface area contributed by atoms with E-state index in [0.29, 0.717) is 46.9 Å². The molecule has 2 aliphatic heterocycles. The zero-order valence-electron chi connectivity index (χ0n) is 14.0. The van der Waals surface area contributed by atoms with Crippen LogP contribution in [-0.2, 0) is 4.74 Å². The molecule has 2 fully saturated rings. The normalized spacial score (nSPS) is 24.5. The standard InChI is InChI=1S/C16H20ClN5O2S/c1-10-8-11(2-7-25-10)14-20-15(24-21-14)13-12(17)9-18-16(19-13)22-3-5-23-6-4-22/h9-11H,2-8H2,1H3. The van der Waals surface area contributed by atoms with Crippen LogP contribution in [0, 0.1) is 0 Å². The first-order valence-corrected chi connectivity index (χ1v) is 9.94. The number of nitrogens with zero attached hydrogens (tertiary/aromatic N) is 5. The van der Waals surface area contributed by atoms with Crippen LogP contribution in [0.5, 0.6) is 0 Å². The lowest BCUT2D eigenvalue weighted by Crippen LogP contribution is -2.37. The Morgan fingerprint density at radius 2 is 2.12 bits per heavy atom. The minimum absolute atomic E-state index is 0.341. The van der Waals surface area contributed by atoms with E-state index in [0.717, 1.165) is 37.5 Å². The molecule has 4 rings (SSSR count). The molecular weight excluding hydrogens is 362 g/mol. The zero-order chi connectivity index (χ0) is 17.2. The summed E-state index contributed by atoms with van der Waals surface area (Å²) in [5.74, 6) is 3.20. The predicted octanol–water partition coefficient (Wildman–Crippen LogP) is 3.02. The lowest BCUT2D eigenvalue weighted by atomic mass is 9.99. The van der Waals surface area contributed by atoms with E-state index in [4.69, 9.17) is 20.9 Å². The highest BCUT2D eigenvalue weighted by Crippen LogP contribution is 2.36. The largest absolute Gasteiger partial charge is 0.378 e. The molecule has 4 heterocycles. The van der Waals surface area contributed by atoms with Gasteiger partial charge in [0.05, 0.1) is 24.4 Å². The molecule has 0 bridgehead atoms. The highest BCUT2D eigenvalue weighted by Gasteiger charge is 2.26. The smallest absolute Gasteiger partial charge is 0.278 e. The highest BCUT2D eigenvalue weighted by molar-refractivity contribution is 7.99. The molecule has 134 valence electrons. The van der Waals surface area contributed by atoms with Gasteiger partial charge in [0, 0.05) is 24.3 Å². The van der Waals surface area contributed by atoms with Crippen LogP contribution in [0.2, 0.25) is 5.02 Å². The van der Waals surface area contributed by atoms with Crippen LogP contribution in [0.15, 0.2) is 10.7 Å². The lowest BCUT2D eigenvalue weighted by Gasteiger charge is -2.26. The van der Waals surface area contributed by atoms with Crippen molar-refractivity contribution in [3.05, 3.63) is 17.0 Å². The molecule has 0 N–H and O–H groups in total. The van der Waals surface area contributed by atoms with Crippen molar-refractivity contribution in [2.24, 2.45) is 0 Å². The first-order chi connectivity index (χ1) is 12.2. The molecule has 7 nitrogen and oxygen atoms in total. The predicted molar refractivity (Wildman–Crippen MR) is 97.3 cm³/mol. The maximum atomic E-state index is 6.29. The molecule has 0 spiro atoms. The lowest BCUT2D eigenvalue weighted by molar-refractivity contribution is 0.122. The van der Waals surface area contributed by atoms with Crippen molar-refractivity contribution in [2.45, 2.75) is 30.9 Å². The Kier molecular flexibility index (Phi) is 5.10. The second kappa shape index (κ2) is 7.47. The van der Waals surface area contributed by atoms with Gasteiger partial charge < -0.3 is 14.2 Å². The van der Waals surface area contributed by atoms with Crippen LogP contribution in [-0.4, -0.2) is 57.4 Å². The van der Waals surface area contributed by atoms with Crippen molar-refractivity contribution < 1.29 is 9.26 Å². The monoisotopic (exact) mass is 381 g/mol. The Morgan fingerprint density at radius 1 is 1.28 bits per heavy atom. The maximum Gasteiger partial charge on any atom is 0.278 e. The second-order valence-electron chi connectivity index (χ2n) is 6.33. The molecule has 2 aromatic rings. The average Bonchev–Trinajstić information content (AvgIpc) is 3.13. The van der Waals surface area contributed by atoms with Gasteiger partial charge in [-0.25, -0.2) is 9.97 Å². The van der Waals surface area contributed by atoms with E-state index >= 15 is 0 Å². The fraction of sp³-hybridized carbons (Fsp3) is 0.625. The van der Waals surface area contributed by atoms with Crippen LogP contribution in [0.25, 0.3) is 11.6 Å². The fourth-order valence-electron chi connectivity index (χ4n) is 3.15. The Morgan fingerprint density at radius 3 is 2.92 bits per heavy atom. The Balaban J connectivity index is 1.58. The van der Waals surface area contributed by atoms with E-state index in [9.17, 15) is 0 Å². The molecule has 0 saturated carbocycles. The highest BCUT2D eigenvalue weighted by atomic mass is 35.5. The van der Waals surface area contributed by atoms with Gasteiger partial charge in [0.2, 0.25) is 5.95 Å². The van der Waals surface area contributed by atoms with Gasteiger partial charge in [-0.3, -0.25) is 0 Å². The summed E-state index contributed by atoms with van der Waals surface area (Å²) in [6.45, 7) is 5.10. The third-order valence-corrected chi connectivity index (χ3v) is 6.03. The van der Waals surface area contributed by atoms with Gasteiger partial charge in [-0.2, -0.15) is 16.7 Å². The van der Waals surface area contributed by atoms with Gasteiger partial charge in [-0.1, -0.05) is 23.7 Å². The number of aromatic nitrogens is 4. The molecule has 2 atom stereocenters. The fourth-order valence-corrected chi connectivity index (χ4v) is 4.52. The topological polar surface area (TPSA) is 77.2 Å². The number of morpholine rings is 1. The minimum atomic E-state index is 0.341. The van der Waals surface area contributed by atoms with E-state index in [1.165, 1.54) is 0 Å². The van der Waals surface area contributed by atoms with Crippen LogP contribution in [0.1, 0.15) is 31.5 Å². The summed E-state index contributed by atoms with van der Waals surface area (Å²) in [7, 11) is 0. The summed E-state index contributed by atoms with van der Waals surface area (Å²) >= 11 is 8.28. The summed E-state index contributed by atoms with van der Waals surface area (Å²) in [5, 5.41) is 5.22. The van der Waals surface area contributed by atoms with Gasteiger partial charge in [0.1, 0.15) is 0 Å². The molecule has 9 heteroatoms. The van der Waals surface area contributed by atoms with Gasteiger partial charge in [-0.05, 0) is 18.6 Å². The third kappa shape index (κ3) is 3.75. The summed E-state index contributed by atoms with van der Waals surface area (Å²) in [5.41, 5.74) is 0.496. The number of hydrogen-bond donors (Lipinski definition) is 0. The SMILES string of the molecule is CC1CC(c2noc(-c3nc(N4CCOCC4)ncc3Cl)n2)CCS1. The Bertz CT molecular complexity index is 737. The van der Waals surface area contributed by atoms with Gasteiger partial charge in [-0.15, -0.1) is 0 Å². The van der Waals surface area contributed by atoms with Crippen LogP contribution in [0.4, 0.5) is 5.95 Å². The maximum absolute atomic E-state index is 6.29. The first-order valence-electron chi connectivity index (χ1n) is 8.51. The number of rotatable bonds is 3. The number of anilines is 1. The van der Waals surface area contributed by atoms with E-state index in [-0.39, 0.29) is 0 Å². The van der Waals surface area contributed by atoms with E-state index in [1.807, 2.05) is 11.8 Å². The van der Waals surface area contributed by atoms with Crippen molar-refractivity contribution in [3.63, 3.8) is 0 Å². The van der Waals surface area contributed by atoms with E-state index < -0.39 is 0 Å². The molecule has 0 aliphatic carbocycles. The number of halogens is 1. The second-order valence-corrected chi connectivity index (χ2v) is 8.28. The molecule has 0 aromatic carbocycles. The van der Waals surface area contributed by atoms with Gasteiger partial charge in [0.15, 0.2) is 11.5 Å². The van der Waals surface area contributed by atoms with Crippen molar-refractivity contribution in [1.29, 1.82) is 0 Å². The van der Waals surface area contributed by atoms with E-state index in [2.05, 4.69) is 31.9 Å². The number of hydrogen-bond acceptors (Lipinski definition) is 8. The molecule has 2 aromatic heterocycles. The van der Waals surface area contributed by atoms with Crippen molar-refractivity contribution in [3.8, 4) is 11.6 Å². The summed E-state index contributed by atoms with van der Waals surface area (Å²) in [4.78, 5) is 15.5. The third-order valence-electron chi connectivity index (χ3n) is 4.52. The van der Waals surface area contributed by atoms with Gasteiger partial charge >= 0.3 is 0 Å². The summed E-state index contributed by atoms with van der Waals surface area (Å²) < 4.78 is 10.8. The van der Waals surface area contributed by atoms with E-state index in [1.54, 1.807) is 6.20 Å². The van der Waals surface area contributed by atoms with Crippen LogP contribution >= 0.6 is 23.4 Å². The first kappa shape index (κ1) is 17.1. The van der Waals surface area contributed by atoms with Crippen molar-refractivity contribution >= 4 is 29.3 Å². The molecule has 25 heavy (non-hydrogen) atoms. The molecular formula is C16H20ClN5O2S. The molecule has 2 unspecified atom stereocenters. The quantitative estimate of drug-likeness (QED) is 0.802. The van der Waals surface area contributed by atoms with Crippen molar-refractivity contribution in [2.75, 3.05) is 37.0 Å². The molecule has 0 amide bonds. The Labute approximate surface area is 155 Å². The van der Waals surface area contributed by atoms with Crippen LogP contribution in [0.3, 0.4) is 0 Å². The summed E-state index contributed by atoms with van der Waals surface area (Å²) in [6.07, 6.45) is 3.74. The Hall–Kier alpha value is -1.38. The van der Waals surface area contributed by atoms with Crippen molar-refractivity contribution in [1.82, 2.24) is 20.1 Å². The molecule has 0 radical (unpaired) electrons.